The van der Waals surface area contributed by atoms with E-state index < -0.39 is 0 Å². The molecule has 0 aliphatic carbocycles. The van der Waals surface area contributed by atoms with Crippen LogP contribution in [0, 0.1) is 0 Å². The number of nitrogens with one attached hydrogen (secondary N) is 1. The number of amides is 1. The van der Waals surface area contributed by atoms with E-state index in [1.54, 1.807) is 19.1 Å². The quantitative estimate of drug-likeness (QED) is 0.584. The zero-order valence-electron chi connectivity index (χ0n) is 12.5. The Kier molecular flexibility index (Phi) is 4.35. The Morgan fingerprint density at radius 3 is 2.61 bits per heavy atom. The molecule has 0 fully saturated rings. The molecule has 0 radical (unpaired) electrons. The van der Waals surface area contributed by atoms with Crippen molar-refractivity contribution in [2.75, 3.05) is 0 Å². The minimum atomic E-state index is -0.359. The number of para-hydroxylation sites is 1. The van der Waals surface area contributed by atoms with Crippen molar-refractivity contribution in [3.8, 4) is 0 Å². The van der Waals surface area contributed by atoms with Gasteiger partial charge in [0, 0.05) is 16.0 Å². The van der Waals surface area contributed by atoms with Crippen molar-refractivity contribution in [1.29, 1.82) is 0 Å². The van der Waals surface area contributed by atoms with Crippen molar-refractivity contribution in [1.82, 2.24) is 10.4 Å². The number of rotatable bonds is 3. The number of hydrazone groups is 1. The third-order valence-corrected chi connectivity index (χ3v) is 3.75. The van der Waals surface area contributed by atoms with Crippen LogP contribution < -0.4 is 5.43 Å². The summed E-state index contributed by atoms with van der Waals surface area (Å²) in [5, 5.41) is 5.68. The van der Waals surface area contributed by atoms with Gasteiger partial charge in [0.2, 0.25) is 0 Å². The summed E-state index contributed by atoms with van der Waals surface area (Å²) in [4.78, 5) is 16.5. The zero-order valence-corrected chi connectivity index (χ0v) is 13.2. The van der Waals surface area contributed by atoms with E-state index in [4.69, 9.17) is 11.6 Å². The Hall–Kier alpha value is -2.72. The molecule has 2 aromatic carbocycles. The largest absolute Gasteiger partial charge is 0.289 e. The number of halogens is 1. The van der Waals surface area contributed by atoms with Crippen LogP contribution in [0.25, 0.3) is 10.9 Å². The van der Waals surface area contributed by atoms with Gasteiger partial charge in [0.1, 0.15) is 5.69 Å². The number of hydrogen-bond acceptors (Lipinski definition) is 3. The molecule has 1 aromatic heterocycles. The van der Waals surface area contributed by atoms with Crippen molar-refractivity contribution in [2.45, 2.75) is 6.92 Å². The second kappa shape index (κ2) is 6.58. The van der Waals surface area contributed by atoms with Crippen LogP contribution in [0.15, 0.2) is 65.8 Å². The molecule has 0 aliphatic heterocycles. The molecule has 3 rings (SSSR count). The lowest BCUT2D eigenvalue weighted by molar-refractivity contribution is 0.0950. The Labute approximate surface area is 138 Å². The SMILES string of the molecule is C/C(=N/NC(=O)c1ccc2ccccc2n1)c1ccccc1Cl. The predicted octanol–water partition coefficient (Wildman–Crippen LogP) is 4.04. The minimum Gasteiger partial charge on any atom is -0.266 e. The molecule has 4 nitrogen and oxygen atoms in total. The summed E-state index contributed by atoms with van der Waals surface area (Å²) in [5.74, 6) is -0.359. The molecular formula is C18H14ClN3O. The minimum absolute atomic E-state index is 0.319. The first-order valence-electron chi connectivity index (χ1n) is 7.10. The number of fused-ring (bicyclic) bond motifs is 1. The molecule has 5 heteroatoms. The third-order valence-electron chi connectivity index (χ3n) is 3.42. The second-order valence-corrected chi connectivity index (χ2v) is 5.41. The molecule has 1 heterocycles. The smallest absolute Gasteiger partial charge is 0.266 e. The lowest BCUT2D eigenvalue weighted by atomic mass is 10.1. The molecule has 114 valence electrons. The van der Waals surface area contributed by atoms with Gasteiger partial charge in [-0.25, -0.2) is 10.4 Å². The number of carbonyl (C=O) groups is 1. The number of hydrogen-bond donors (Lipinski definition) is 1. The lowest BCUT2D eigenvalue weighted by Crippen LogP contribution is -2.20. The van der Waals surface area contributed by atoms with E-state index in [1.807, 2.05) is 48.5 Å². The van der Waals surface area contributed by atoms with E-state index in [0.717, 1.165) is 16.5 Å². The highest BCUT2D eigenvalue weighted by Crippen LogP contribution is 2.15. The topological polar surface area (TPSA) is 54.4 Å². The maximum absolute atomic E-state index is 12.2. The molecule has 0 atom stereocenters. The molecule has 0 saturated heterocycles. The molecule has 23 heavy (non-hydrogen) atoms. The van der Waals surface area contributed by atoms with Crippen LogP contribution in [0.1, 0.15) is 23.0 Å². The number of benzene rings is 2. The Morgan fingerprint density at radius 2 is 1.78 bits per heavy atom. The summed E-state index contributed by atoms with van der Waals surface area (Å²) < 4.78 is 0. The van der Waals surface area contributed by atoms with Gasteiger partial charge >= 0.3 is 0 Å². The molecule has 0 aliphatic rings. The average Bonchev–Trinajstić information content (AvgIpc) is 2.59. The number of aromatic nitrogens is 1. The van der Waals surface area contributed by atoms with Crippen molar-refractivity contribution in [3.63, 3.8) is 0 Å². The second-order valence-electron chi connectivity index (χ2n) is 5.01. The summed E-state index contributed by atoms with van der Waals surface area (Å²) >= 11 is 6.11. The van der Waals surface area contributed by atoms with E-state index >= 15 is 0 Å². The molecule has 0 bridgehead atoms. The normalized spacial score (nSPS) is 11.5. The van der Waals surface area contributed by atoms with Gasteiger partial charge in [0.25, 0.3) is 5.91 Å². The maximum atomic E-state index is 12.2. The van der Waals surface area contributed by atoms with Gasteiger partial charge in [0.05, 0.1) is 11.2 Å². The van der Waals surface area contributed by atoms with E-state index in [2.05, 4.69) is 15.5 Å². The molecular weight excluding hydrogens is 310 g/mol. The summed E-state index contributed by atoms with van der Waals surface area (Å²) in [6.07, 6.45) is 0. The van der Waals surface area contributed by atoms with Crippen molar-refractivity contribution in [2.24, 2.45) is 5.10 Å². The summed E-state index contributed by atoms with van der Waals surface area (Å²) in [7, 11) is 0. The molecule has 0 unspecified atom stereocenters. The summed E-state index contributed by atoms with van der Waals surface area (Å²) in [5.41, 5.74) is 5.01. The highest BCUT2D eigenvalue weighted by molar-refractivity contribution is 6.34. The van der Waals surface area contributed by atoms with Crippen LogP contribution in [-0.4, -0.2) is 16.6 Å². The first kappa shape index (κ1) is 15.2. The van der Waals surface area contributed by atoms with Gasteiger partial charge < -0.3 is 0 Å². The van der Waals surface area contributed by atoms with Crippen LogP contribution in [0.5, 0.6) is 0 Å². The highest BCUT2D eigenvalue weighted by Gasteiger charge is 2.08. The fraction of sp³-hybridized carbons (Fsp3) is 0.0556. The lowest BCUT2D eigenvalue weighted by Gasteiger charge is -2.05. The van der Waals surface area contributed by atoms with Gasteiger partial charge in [-0.1, -0.05) is 54.1 Å². The van der Waals surface area contributed by atoms with Gasteiger partial charge in [-0.2, -0.15) is 5.10 Å². The van der Waals surface area contributed by atoms with Crippen LogP contribution in [0.4, 0.5) is 0 Å². The van der Waals surface area contributed by atoms with Crippen LogP contribution >= 0.6 is 11.6 Å². The monoisotopic (exact) mass is 323 g/mol. The number of pyridine rings is 1. The highest BCUT2D eigenvalue weighted by atomic mass is 35.5. The van der Waals surface area contributed by atoms with Crippen LogP contribution in [0.2, 0.25) is 5.02 Å². The van der Waals surface area contributed by atoms with E-state index in [-0.39, 0.29) is 5.91 Å². The molecule has 1 N–H and O–H groups in total. The van der Waals surface area contributed by atoms with Crippen LogP contribution in [-0.2, 0) is 0 Å². The van der Waals surface area contributed by atoms with Crippen molar-refractivity contribution >= 4 is 34.1 Å². The predicted molar refractivity (Wildman–Crippen MR) is 92.9 cm³/mol. The standard InChI is InChI=1S/C18H14ClN3O/c1-12(14-7-3-4-8-15(14)19)21-22-18(23)17-11-10-13-6-2-5-9-16(13)20-17/h2-11H,1H3,(H,22,23)/b21-12-. The maximum Gasteiger partial charge on any atom is 0.289 e. The van der Waals surface area contributed by atoms with E-state index in [0.29, 0.717) is 16.4 Å². The van der Waals surface area contributed by atoms with Crippen molar-refractivity contribution < 1.29 is 4.79 Å². The first-order chi connectivity index (χ1) is 11.1. The fourth-order valence-electron chi connectivity index (χ4n) is 2.20. The van der Waals surface area contributed by atoms with Gasteiger partial charge in [-0.15, -0.1) is 0 Å². The Bertz CT molecular complexity index is 905. The molecule has 0 spiro atoms. The molecule has 3 aromatic rings. The fourth-order valence-corrected chi connectivity index (χ4v) is 2.47. The average molecular weight is 324 g/mol. The number of nitrogens with zero attached hydrogens (tertiary/aromatic N) is 2. The summed E-state index contributed by atoms with van der Waals surface area (Å²) in [6, 6.07) is 18.5. The Balaban J connectivity index is 1.80. The molecule has 1 amide bonds. The van der Waals surface area contributed by atoms with Gasteiger partial charge in [-0.05, 0) is 25.1 Å². The van der Waals surface area contributed by atoms with Crippen molar-refractivity contribution in [3.05, 3.63) is 76.9 Å². The third kappa shape index (κ3) is 3.38. The van der Waals surface area contributed by atoms with E-state index in [9.17, 15) is 4.79 Å². The van der Waals surface area contributed by atoms with Gasteiger partial charge in [0.15, 0.2) is 0 Å². The van der Waals surface area contributed by atoms with Crippen LogP contribution in [0.3, 0.4) is 0 Å². The summed E-state index contributed by atoms with van der Waals surface area (Å²) in [6.45, 7) is 1.79. The number of carbonyl (C=O) groups excluding carboxylic acids is 1. The molecule has 0 saturated carbocycles. The first-order valence-corrected chi connectivity index (χ1v) is 7.48. The van der Waals surface area contributed by atoms with Gasteiger partial charge in [-0.3, -0.25) is 4.79 Å². The van der Waals surface area contributed by atoms with E-state index in [1.165, 1.54) is 0 Å². The zero-order chi connectivity index (χ0) is 16.2. The Morgan fingerprint density at radius 1 is 1.04 bits per heavy atom.